The van der Waals surface area contributed by atoms with Crippen LogP contribution in [-0.4, -0.2) is 28.1 Å². The molecule has 0 saturated carbocycles. The lowest BCUT2D eigenvalue weighted by molar-refractivity contribution is 0.0977. The van der Waals surface area contributed by atoms with Gasteiger partial charge in [0.25, 0.3) is 5.91 Å². The number of nitrogens with zero attached hydrogens (tertiary/aromatic N) is 1. The van der Waals surface area contributed by atoms with Crippen LogP contribution >= 0.6 is 12.2 Å². The highest BCUT2D eigenvalue weighted by atomic mass is 32.1. The largest absolute Gasteiger partial charge is 0.495 e. The number of thiocarbonyl (C=S) groups is 1. The van der Waals surface area contributed by atoms with E-state index in [4.69, 9.17) is 17.0 Å². The van der Waals surface area contributed by atoms with Gasteiger partial charge in [-0.3, -0.25) is 10.1 Å². The van der Waals surface area contributed by atoms with Gasteiger partial charge in [0.1, 0.15) is 11.6 Å². The monoisotopic (exact) mass is 416 g/mol. The van der Waals surface area contributed by atoms with Crippen molar-refractivity contribution in [3.05, 3.63) is 77.9 Å². The maximum Gasteiger partial charge on any atom is 0.257 e. The predicted octanol–water partition coefficient (Wildman–Crippen LogP) is 4.67. The van der Waals surface area contributed by atoms with Gasteiger partial charge in [0.2, 0.25) is 0 Å². The Morgan fingerprint density at radius 2 is 1.90 bits per heavy atom. The number of methoxy groups -OCH3 is 1. The van der Waals surface area contributed by atoms with Gasteiger partial charge in [-0.15, -0.1) is 0 Å². The van der Waals surface area contributed by atoms with Crippen molar-refractivity contribution in [1.29, 1.82) is 0 Å². The minimum atomic E-state index is -0.274. The van der Waals surface area contributed by atoms with Crippen molar-refractivity contribution in [3.63, 3.8) is 0 Å². The number of carbonyl (C=O) groups is 1. The van der Waals surface area contributed by atoms with Crippen molar-refractivity contribution in [2.24, 2.45) is 0 Å². The molecule has 1 heterocycles. The molecule has 7 heteroatoms. The Morgan fingerprint density at radius 3 is 2.67 bits per heavy atom. The minimum Gasteiger partial charge on any atom is -0.495 e. The number of H-pyrrole nitrogens is 1. The van der Waals surface area contributed by atoms with E-state index < -0.39 is 0 Å². The van der Waals surface area contributed by atoms with E-state index in [2.05, 4.69) is 20.6 Å². The second kappa shape index (κ2) is 8.34. The standard InChI is InChI=1S/C23H20N4O2S/c1-14-6-5-7-16(12-14)22(28)27-23(30)26-19-13-15(10-11-20(19)29-2)21-24-17-8-3-4-9-18(17)25-21/h3-13H,1-2H3,(H,24,25)(H2,26,27,28,30). The first-order valence-corrected chi connectivity index (χ1v) is 9.76. The molecular weight excluding hydrogens is 396 g/mol. The Kier molecular flexibility index (Phi) is 5.45. The Hall–Kier alpha value is -3.71. The van der Waals surface area contributed by atoms with E-state index in [1.54, 1.807) is 19.2 Å². The first kappa shape index (κ1) is 19.6. The van der Waals surface area contributed by atoms with Crippen molar-refractivity contribution >= 4 is 40.0 Å². The number of hydrogen-bond acceptors (Lipinski definition) is 4. The summed E-state index contributed by atoms with van der Waals surface area (Å²) in [6, 6.07) is 20.8. The summed E-state index contributed by atoms with van der Waals surface area (Å²) in [7, 11) is 1.58. The Balaban J connectivity index is 1.56. The average molecular weight is 417 g/mol. The number of imidazole rings is 1. The number of nitrogens with one attached hydrogen (secondary N) is 3. The number of para-hydroxylation sites is 2. The Labute approximate surface area is 179 Å². The highest BCUT2D eigenvalue weighted by Gasteiger charge is 2.13. The summed E-state index contributed by atoms with van der Waals surface area (Å²) in [4.78, 5) is 20.4. The van der Waals surface area contributed by atoms with Crippen molar-refractivity contribution in [3.8, 4) is 17.1 Å². The van der Waals surface area contributed by atoms with Crippen LogP contribution in [-0.2, 0) is 0 Å². The number of anilines is 1. The zero-order chi connectivity index (χ0) is 21.1. The number of ether oxygens (including phenoxy) is 1. The summed E-state index contributed by atoms with van der Waals surface area (Å²) in [6.45, 7) is 1.93. The number of fused-ring (bicyclic) bond motifs is 1. The van der Waals surface area contributed by atoms with Crippen LogP contribution in [0.15, 0.2) is 66.7 Å². The normalized spacial score (nSPS) is 10.6. The minimum absolute atomic E-state index is 0.182. The summed E-state index contributed by atoms with van der Waals surface area (Å²) in [5, 5.41) is 5.94. The topological polar surface area (TPSA) is 79.0 Å². The molecule has 150 valence electrons. The number of hydrogen-bond donors (Lipinski definition) is 3. The van der Waals surface area contributed by atoms with Gasteiger partial charge in [-0.2, -0.15) is 0 Å². The molecule has 1 amide bonds. The maximum absolute atomic E-state index is 12.5. The molecule has 6 nitrogen and oxygen atoms in total. The molecule has 0 aliphatic heterocycles. The van der Waals surface area contributed by atoms with Crippen molar-refractivity contribution in [2.45, 2.75) is 6.92 Å². The molecule has 0 atom stereocenters. The fourth-order valence-electron chi connectivity index (χ4n) is 3.16. The molecule has 4 aromatic rings. The summed E-state index contributed by atoms with van der Waals surface area (Å²) >= 11 is 5.34. The molecule has 3 aromatic carbocycles. The molecule has 30 heavy (non-hydrogen) atoms. The van der Waals surface area contributed by atoms with Crippen LogP contribution < -0.4 is 15.4 Å². The van der Waals surface area contributed by atoms with Crippen LogP contribution in [0.4, 0.5) is 5.69 Å². The lowest BCUT2D eigenvalue weighted by atomic mass is 10.1. The molecule has 1 aromatic heterocycles. The van der Waals surface area contributed by atoms with E-state index in [9.17, 15) is 4.79 Å². The van der Waals surface area contributed by atoms with E-state index in [0.717, 1.165) is 28.0 Å². The Bertz CT molecular complexity index is 1220. The molecule has 3 N–H and O–H groups in total. The Morgan fingerprint density at radius 1 is 1.07 bits per heavy atom. The number of benzene rings is 3. The van der Waals surface area contributed by atoms with Gasteiger partial charge in [0, 0.05) is 11.1 Å². The number of carbonyl (C=O) groups excluding carboxylic acids is 1. The van der Waals surface area contributed by atoms with Gasteiger partial charge in [-0.25, -0.2) is 4.98 Å². The van der Waals surface area contributed by atoms with E-state index in [0.29, 0.717) is 17.0 Å². The molecule has 0 radical (unpaired) electrons. The molecule has 0 fully saturated rings. The molecule has 0 spiro atoms. The van der Waals surface area contributed by atoms with Crippen molar-refractivity contribution < 1.29 is 9.53 Å². The maximum atomic E-state index is 12.5. The average Bonchev–Trinajstić information content (AvgIpc) is 3.18. The van der Waals surface area contributed by atoms with Gasteiger partial charge >= 0.3 is 0 Å². The van der Waals surface area contributed by atoms with Crippen LogP contribution in [0.5, 0.6) is 5.75 Å². The highest BCUT2D eigenvalue weighted by molar-refractivity contribution is 7.80. The SMILES string of the molecule is COc1ccc(-c2nc3ccccc3[nH]2)cc1NC(=S)NC(=O)c1cccc(C)c1. The van der Waals surface area contributed by atoms with Crippen LogP contribution in [0, 0.1) is 6.92 Å². The fourth-order valence-corrected chi connectivity index (χ4v) is 3.36. The predicted molar refractivity (Wildman–Crippen MR) is 123 cm³/mol. The van der Waals surface area contributed by atoms with Crippen LogP contribution in [0.2, 0.25) is 0 Å². The van der Waals surface area contributed by atoms with Gasteiger partial charge < -0.3 is 15.0 Å². The number of aromatic amines is 1. The summed E-state index contributed by atoms with van der Waals surface area (Å²) < 4.78 is 5.44. The summed E-state index contributed by atoms with van der Waals surface area (Å²) in [5.41, 5.74) is 4.88. The molecule has 0 aliphatic carbocycles. The van der Waals surface area contributed by atoms with Crippen LogP contribution in [0.3, 0.4) is 0 Å². The number of aromatic nitrogens is 2. The lowest BCUT2D eigenvalue weighted by Crippen LogP contribution is -2.34. The molecule has 0 saturated heterocycles. The van der Waals surface area contributed by atoms with Crippen LogP contribution in [0.25, 0.3) is 22.4 Å². The van der Waals surface area contributed by atoms with E-state index >= 15 is 0 Å². The van der Waals surface area contributed by atoms with Gasteiger partial charge in [-0.05, 0) is 61.6 Å². The second-order valence-electron chi connectivity index (χ2n) is 6.80. The highest BCUT2D eigenvalue weighted by Crippen LogP contribution is 2.30. The summed E-state index contributed by atoms with van der Waals surface area (Å²) in [6.07, 6.45) is 0. The first-order chi connectivity index (χ1) is 14.5. The van der Waals surface area contributed by atoms with E-state index in [1.165, 1.54) is 0 Å². The molecule has 0 aliphatic rings. The van der Waals surface area contributed by atoms with E-state index in [-0.39, 0.29) is 11.0 Å². The summed E-state index contributed by atoms with van der Waals surface area (Å²) in [5.74, 6) is 1.06. The van der Waals surface area contributed by atoms with Crippen LogP contribution in [0.1, 0.15) is 15.9 Å². The third-order valence-corrected chi connectivity index (χ3v) is 4.82. The lowest BCUT2D eigenvalue weighted by Gasteiger charge is -2.14. The second-order valence-corrected chi connectivity index (χ2v) is 7.20. The van der Waals surface area contributed by atoms with Gasteiger partial charge in [0.05, 0.1) is 23.8 Å². The third-order valence-electron chi connectivity index (χ3n) is 4.62. The fraction of sp³-hybridized carbons (Fsp3) is 0.0870. The molecule has 0 bridgehead atoms. The quantitative estimate of drug-likeness (QED) is 0.421. The molecular formula is C23H20N4O2S. The zero-order valence-electron chi connectivity index (χ0n) is 16.5. The number of amides is 1. The third kappa shape index (κ3) is 4.16. The van der Waals surface area contributed by atoms with Crippen molar-refractivity contribution in [1.82, 2.24) is 15.3 Å². The molecule has 4 rings (SSSR count). The van der Waals surface area contributed by atoms with Crippen molar-refractivity contribution in [2.75, 3.05) is 12.4 Å². The van der Waals surface area contributed by atoms with Gasteiger partial charge in [0.15, 0.2) is 5.11 Å². The van der Waals surface area contributed by atoms with Gasteiger partial charge in [-0.1, -0.05) is 29.8 Å². The number of aryl methyl sites for hydroxylation is 1. The first-order valence-electron chi connectivity index (χ1n) is 9.35. The molecule has 0 unspecified atom stereocenters. The smallest absolute Gasteiger partial charge is 0.257 e. The number of rotatable bonds is 4. The zero-order valence-corrected chi connectivity index (χ0v) is 17.3. The van der Waals surface area contributed by atoms with E-state index in [1.807, 2.05) is 61.5 Å².